The second-order valence-corrected chi connectivity index (χ2v) is 5.46. The van der Waals surface area contributed by atoms with Crippen LogP contribution in [0.25, 0.3) is 0 Å². The maximum Gasteiger partial charge on any atom is 0.422 e. The minimum Gasteiger partial charge on any atom is -0.464 e. The lowest BCUT2D eigenvalue weighted by molar-refractivity contribution is 0.124. The molecule has 1 unspecified atom stereocenters. The number of nitrogens with zero attached hydrogens (tertiary/aromatic N) is 1. The van der Waals surface area contributed by atoms with E-state index in [-0.39, 0.29) is 0 Å². The molecule has 1 amide bonds. The Hall–Kier alpha value is -1.75. The minimum absolute atomic E-state index is 0.446. The van der Waals surface area contributed by atoms with Crippen LogP contribution < -0.4 is 5.84 Å². The fraction of sp³-hybridized carbons (Fsp3) is 0.133. The van der Waals surface area contributed by atoms with E-state index < -0.39 is 12.1 Å². The number of carbonyl (C=O) groups is 1. The number of halogens is 2. The molecule has 2 rings (SSSR count). The first-order valence-corrected chi connectivity index (χ1v) is 6.99. The number of nitrogens with two attached hydrogens (primary N) is 1. The number of hydrogen-bond acceptors (Lipinski definition) is 2. The highest BCUT2D eigenvalue weighted by Gasteiger charge is 2.22. The van der Waals surface area contributed by atoms with Gasteiger partial charge in [-0.05, 0) is 41.8 Å². The predicted octanol–water partition coefficient (Wildman–Crippen LogP) is 4.13. The van der Waals surface area contributed by atoms with Gasteiger partial charge in [-0.2, -0.15) is 0 Å². The Labute approximate surface area is 132 Å². The molecule has 0 aromatic heterocycles. The number of amides is 1. The highest BCUT2D eigenvalue weighted by molar-refractivity contribution is 6.30. The molecule has 0 spiro atoms. The van der Waals surface area contributed by atoms with Gasteiger partial charge in [0.2, 0.25) is 0 Å². The molecule has 0 saturated carbocycles. The Morgan fingerprint density at radius 1 is 1.05 bits per heavy atom. The van der Waals surface area contributed by atoms with Crippen LogP contribution in [-0.2, 0) is 6.42 Å². The average molecular weight is 325 g/mol. The normalized spacial score (nSPS) is 12.0. The number of rotatable bonds is 4. The summed E-state index contributed by atoms with van der Waals surface area (Å²) < 4.78 is 0. The third-order valence-corrected chi connectivity index (χ3v) is 3.66. The summed E-state index contributed by atoms with van der Waals surface area (Å²) in [5.74, 6) is 5.68. The van der Waals surface area contributed by atoms with Crippen LogP contribution in [0.1, 0.15) is 17.2 Å². The van der Waals surface area contributed by atoms with Gasteiger partial charge in [-0.3, -0.25) is 0 Å². The van der Waals surface area contributed by atoms with Gasteiger partial charge in [-0.25, -0.2) is 15.6 Å². The van der Waals surface area contributed by atoms with Gasteiger partial charge in [-0.15, -0.1) is 0 Å². The molecule has 4 nitrogen and oxygen atoms in total. The molecule has 1 atom stereocenters. The third-order valence-electron chi connectivity index (χ3n) is 3.15. The quantitative estimate of drug-likeness (QED) is 0.504. The maximum atomic E-state index is 11.2. The average Bonchev–Trinajstić information content (AvgIpc) is 2.47. The molecule has 0 heterocycles. The monoisotopic (exact) mass is 324 g/mol. The van der Waals surface area contributed by atoms with Crippen molar-refractivity contribution in [2.75, 3.05) is 0 Å². The lowest BCUT2D eigenvalue weighted by atomic mass is 9.98. The van der Waals surface area contributed by atoms with E-state index in [1.165, 1.54) is 0 Å². The molecule has 0 saturated heterocycles. The van der Waals surface area contributed by atoms with Gasteiger partial charge in [0.1, 0.15) is 0 Å². The smallest absolute Gasteiger partial charge is 0.422 e. The van der Waals surface area contributed by atoms with Gasteiger partial charge in [0, 0.05) is 10.0 Å². The van der Waals surface area contributed by atoms with Crippen molar-refractivity contribution in [3.05, 3.63) is 69.7 Å². The number of hydrogen-bond donors (Lipinski definition) is 2. The summed E-state index contributed by atoms with van der Waals surface area (Å²) in [7, 11) is 0. The van der Waals surface area contributed by atoms with Gasteiger partial charge < -0.3 is 5.11 Å². The molecule has 0 fully saturated rings. The van der Waals surface area contributed by atoms with Gasteiger partial charge >= 0.3 is 6.09 Å². The third kappa shape index (κ3) is 4.11. The van der Waals surface area contributed by atoms with Crippen molar-refractivity contribution < 1.29 is 9.90 Å². The minimum atomic E-state index is -1.19. The van der Waals surface area contributed by atoms with Crippen LogP contribution in [0.3, 0.4) is 0 Å². The molecule has 0 radical (unpaired) electrons. The van der Waals surface area contributed by atoms with E-state index in [0.717, 1.165) is 16.1 Å². The van der Waals surface area contributed by atoms with Crippen LogP contribution in [0, 0.1) is 0 Å². The summed E-state index contributed by atoms with van der Waals surface area (Å²) in [6, 6.07) is 13.7. The second-order valence-electron chi connectivity index (χ2n) is 4.59. The van der Waals surface area contributed by atoms with Gasteiger partial charge in [0.25, 0.3) is 0 Å². The highest BCUT2D eigenvalue weighted by Crippen LogP contribution is 2.25. The van der Waals surface area contributed by atoms with E-state index in [1.807, 2.05) is 12.1 Å². The van der Waals surface area contributed by atoms with Crippen LogP contribution in [0.15, 0.2) is 48.5 Å². The summed E-state index contributed by atoms with van der Waals surface area (Å²) in [6.07, 6.45) is -0.745. The number of carboxylic acid groups (broad SMARTS) is 1. The first-order chi connectivity index (χ1) is 9.97. The fourth-order valence-corrected chi connectivity index (χ4v) is 2.29. The molecule has 0 aliphatic rings. The molecular formula is C15H14Cl2N2O2. The molecule has 21 heavy (non-hydrogen) atoms. The van der Waals surface area contributed by atoms with Crippen LogP contribution in [-0.4, -0.2) is 16.2 Å². The van der Waals surface area contributed by atoms with E-state index in [2.05, 4.69) is 0 Å². The van der Waals surface area contributed by atoms with E-state index in [9.17, 15) is 4.79 Å². The first kappa shape index (κ1) is 15.6. The van der Waals surface area contributed by atoms with Gasteiger partial charge in [0.15, 0.2) is 0 Å². The maximum absolute atomic E-state index is 11.2. The standard InChI is InChI=1S/C15H14Cl2N2O2/c16-12-5-1-10(2-6-12)9-14(19(18)15(20)21)11-3-7-13(17)8-4-11/h1-8,14H,9,18H2,(H,20,21). The summed E-state index contributed by atoms with van der Waals surface area (Å²) >= 11 is 11.7. The van der Waals surface area contributed by atoms with E-state index >= 15 is 0 Å². The predicted molar refractivity (Wildman–Crippen MR) is 83.4 cm³/mol. The summed E-state index contributed by atoms with van der Waals surface area (Å²) in [5, 5.41) is 11.2. The summed E-state index contributed by atoms with van der Waals surface area (Å²) in [5.41, 5.74) is 1.72. The van der Waals surface area contributed by atoms with Gasteiger partial charge in [0.05, 0.1) is 6.04 Å². The topological polar surface area (TPSA) is 66.6 Å². The Bertz CT molecular complexity index is 615. The molecule has 0 bridgehead atoms. The zero-order chi connectivity index (χ0) is 15.4. The van der Waals surface area contributed by atoms with Crippen molar-refractivity contribution in [1.29, 1.82) is 0 Å². The van der Waals surface area contributed by atoms with Crippen LogP contribution in [0.4, 0.5) is 4.79 Å². The van der Waals surface area contributed by atoms with Crippen LogP contribution >= 0.6 is 23.2 Å². The molecule has 110 valence electrons. The van der Waals surface area contributed by atoms with Crippen molar-refractivity contribution in [3.63, 3.8) is 0 Å². The molecule has 0 aliphatic heterocycles. The summed E-state index contributed by atoms with van der Waals surface area (Å²) in [4.78, 5) is 11.2. The van der Waals surface area contributed by atoms with E-state index in [0.29, 0.717) is 16.5 Å². The fourth-order valence-electron chi connectivity index (χ4n) is 2.04. The molecule has 2 aromatic rings. The number of hydrazine groups is 1. The van der Waals surface area contributed by atoms with Gasteiger partial charge in [-0.1, -0.05) is 47.5 Å². The molecule has 3 N–H and O–H groups in total. The Kier molecular flexibility index (Phi) is 5.07. The van der Waals surface area contributed by atoms with Crippen LogP contribution in [0.2, 0.25) is 10.0 Å². The van der Waals surface area contributed by atoms with Crippen LogP contribution in [0.5, 0.6) is 0 Å². The number of benzene rings is 2. The molecule has 2 aromatic carbocycles. The molecular weight excluding hydrogens is 311 g/mol. The van der Waals surface area contributed by atoms with Crippen molar-refractivity contribution >= 4 is 29.3 Å². The lowest BCUT2D eigenvalue weighted by Crippen LogP contribution is -2.40. The summed E-state index contributed by atoms with van der Waals surface area (Å²) in [6.45, 7) is 0. The van der Waals surface area contributed by atoms with E-state index in [1.54, 1.807) is 36.4 Å². The van der Waals surface area contributed by atoms with Crippen molar-refractivity contribution in [2.45, 2.75) is 12.5 Å². The van der Waals surface area contributed by atoms with Crippen molar-refractivity contribution in [1.82, 2.24) is 5.01 Å². The Morgan fingerprint density at radius 2 is 1.52 bits per heavy atom. The molecule has 0 aliphatic carbocycles. The SMILES string of the molecule is NN(C(=O)O)C(Cc1ccc(Cl)cc1)c1ccc(Cl)cc1. The molecule has 6 heteroatoms. The highest BCUT2D eigenvalue weighted by atomic mass is 35.5. The van der Waals surface area contributed by atoms with Crippen molar-refractivity contribution in [2.24, 2.45) is 5.84 Å². The first-order valence-electron chi connectivity index (χ1n) is 6.24. The second kappa shape index (κ2) is 6.80. The van der Waals surface area contributed by atoms with Crippen molar-refractivity contribution in [3.8, 4) is 0 Å². The largest absolute Gasteiger partial charge is 0.464 e. The Morgan fingerprint density at radius 3 is 2.00 bits per heavy atom. The Balaban J connectivity index is 2.29. The zero-order valence-corrected chi connectivity index (χ0v) is 12.6. The lowest BCUT2D eigenvalue weighted by Gasteiger charge is -2.25. The van der Waals surface area contributed by atoms with E-state index in [4.69, 9.17) is 34.2 Å². The zero-order valence-electron chi connectivity index (χ0n) is 11.0.